The van der Waals surface area contributed by atoms with Crippen LogP contribution in [0.15, 0.2) is 22.1 Å². The largest absolute Gasteiger partial charge is 0.398 e. The van der Waals surface area contributed by atoms with Crippen LogP contribution in [-0.4, -0.2) is 28.0 Å². The number of aryl methyl sites for hydroxylation is 1. The summed E-state index contributed by atoms with van der Waals surface area (Å²) in [6.07, 6.45) is -2.65. The molecule has 0 atom stereocenters. The van der Waals surface area contributed by atoms with Crippen molar-refractivity contribution in [2.75, 3.05) is 17.7 Å². The number of benzene rings is 1. The SMILES string of the molecule is CSc1nn(-c2cc(SCC(F)(F)F)c(C)cc2F)c(N)c1C#N. The van der Waals surface area contributed by atoms with Gasteiger partial charge in [0.05, 0.1) is 5.75 Å². The van der Waals surface area contributed by atoms with Crippen LogP contribution in [0.5, 0.6) is 0 Å². The number of aromatic nitrogens is 2. The third-order valence-electron chi connectivity index (χ3n) is 3.06. The van der Waals surface area contributed by atoms with Crippen LogP contribution in [0, 0.1) is 24.1 Å². The van der Waals surface area contributed by atoms with Gasteiger partial charge >= 0.3 is 6.18 Å². The first-order valence-corrected chi connectivity index (χ1v) is 8.71. The Hall–Kier alpha value is -1.86. The molecular weight excluding hydrogens is 364 g/mol. The molecule has 0 amide bonds. The van der Waals surface area contributed by atoms with Crippen LogP contribution < -0.4 is 5.73 Å². The maximum absolute atomic E-state index is 14.3. The number of rotatable bonds is 4. The summed E-state index contributed by atoms with van der Waals surface area (Å²) in [4.78, 5) is 0.267. The van der Waals surface area contributed by atoms with Crippen LogP contribution in [0.2, 0.25) is 0 Å². The Morgan fingerprint density at radius 2 is 2.04 bits per heavy atom. The van der Waals surface area contributed by atoms with E-state index in [-0.39, 0.29) is 22.0 Å². The number of nitrogens with zero attached hydrogens (tertiary/aromatic N) is 3. The van der Waals surface area contributed by atoms with E-state index in [1.807, 2.05) is 6.07 Å². The molecule has 2 rings (SSSR count). The lowest BCUT2D eigenvalue weighted by atomic mass is 10.2. The molecule has 24 heavy (non-hydrogen) atoms. The molecule has 1 heterocycles. The number of anilines is 1. The van der Waals surface area contributed by atoms with E-state index in [1.165, 1.54) is 24.8 Å². The molecule has 2 aromatic rings. The van der Waals surface area contributed by atoms with E-state index in [4.69, 9.17) is 11.0 Å². The van der Waals surface area contributed by atoms with Crippen molar-refractivity contribution in [3.63, 3.8) is 0 Å². The Kier molecular flexibility index (Phi) is 5.35. The van der Waals surface area contributed by atoms with Gasteiger partial charge in [0.1, 0.15) is 34.0 Å². The van der Waals surface area contributed by atoms with E-state index in [2.05, 4.69) is 5.10 Å². The van der Waals surface area contributed by atoms with Crippen LogP contribution in [-0.2, 0) is 0 Å². The zero-order valence-corrected chi connectivity index (χ0v) is 14.2. The van der Waals surface area contributed by atoms with Gasteiger partial charge in [-0.15, -0.1) is 23.5 Å². The quantitative estimate of drug-likeness (QED) is 0.641. The van der Waals surface area contributed by atoms with Crippen LogP contribution in [0.1, 0.15) is 11.1 Å². The maximum Gasteiger partial charge on any atom is 0.398 e. The molecule has 0 aliphatic carbocycles. The fourth-order valence-electron chi connectivity index (χ4n) is 1.96. The molecule has 2 N–H and O–H groups in total. The topological polar surface area (TPSA) is 67.6 Å². The van der Waals surface area contributed by atoms with Gasteiger partial charge in [-0.2, -0.15) is 23.5 Å². The van der Waals surface area contributed by atoms with Crippen molar-refractivity contribution in [2.45, 2.75) is 23.0 Å². The average molecular weight is 376 g/mol. The molecule has 0 aliphatic rings. The molecule has 1 aromatic carbocycles. The van der Waals surface area contributed by atoms with Gasteiger partial charge in [0.2, 0.25) is 0 Å². The monoisotopic (exact) mass is 376 g/mol. The highest BCUT2D eigenvalue weighted by atomic mass is 32.2. The lowest BCUT2D eigenvalue weighted by Crippen LogP contribution is -2.11. The summed E-state index contributed by atoms with van der Waals surface area (Å²) >= 11 is 1.72. The molecule has 0 spiro atoms. The highest BCUT2D eigenvalue weighted by molar-refractivity contribution is 7.99. The van der Waals surface area contributed by atoms with E-state index < -0.39 is 17.7 Å². The summed E-state index contributed by atoms with van der Waals surface area (Å²) < 4.78 is 52.6. The Morgan fingerprint density at radius 3 is 2.54 bits per heavy atom. The first-order chi connectivity index (χ1) is 11.2. The van der Waals surface area contributed by atoms with Crippen molar-refractivity contribution in [3.05, 3.63) is 29.1 Å². The minimum Gasteiger partial charge on any atom is -0.382 e. The van der Waals surface area contributed by atoms with Crippen LogP contribution in [0.25, 0.3) is 5.69 Å². The number of hydrogen-bond donors (Lipinski definition) is 1. The second kappa shape index (κ2) is 6.94. The maximum atomic E-state index is 14.3. The van der Waals surface area contributed by atoms with Crippen LogP contribution in [0.3, 0.4) is 0 Å². The molecular formula is C14H12F4N4S2. The van der Waals surface area contributed by atoms with Gasteiger partial charge in [-0.3, -0.25) is 0 Å². The number of alkyl halides is 3. The number of halogens is 4. The smallest absolute Gasteiger partial charge is 0.382 e. The predicted molar refractivity (Wildman–Crippen MR) is 85.9 cm³/mol. The van der Waals surface area contributed by atoms with Crippen molar-refractivity contribution in [3.8, 4) is 11.8 Å². The van der Waals surface area contributed by atoms with Crippen molar-refractivity contribution in [1.82, 2.24) is 9.78 Å². The zero-order valence-electron chi connectivity index (χ0n) is 12.6. The molecule has 128 valence electrons. The Balaban J connectivity index is 2.52. The first kappa shape index (κ1) is 18.5. The highest BCUT2D eigenvalue weighted by Crippen LogP contribution is 2.34. The van der Waals surface area contributed by atoms with Crippen molar-refractivity contribution in [1.29, 1.82) is 5.26 Å². The lowest BCUT2D eigenvalue weighted by molar-refractivity contribution is -0.105. The lowest BCUT2D eigenvalue weighted by Gasteiger charge is -2.12. The molecule has 0 saturated carbocycles. The number of nitriles is 1. The Morgan fingerprint density at radius 1 is 1.38 bits per heavy atom. The molecule has 0 saturated heterocycles. The van der Waals surface area contributed by atoms with Crippen molar-refractivity contribution in [2.24, 2.45) is 0 Å². The van der Waals surface area contributed by atoms with Crippen molar-refractivity contribution >= 4 is 29.3 Å². The summed E-state index contributed by atoms with van der Waals surface area (Å²) in [5.41, 5.74) is 6.22. The third-order valence-corrected chi connectivity index (χ3v) is 4.95. The summed E-state index contributed by atoms with van der Waals surface area (Å²) in [5, 5.41) is 13.5. The Bertz CT molecular complexity index is 809. The van der Waals surface area contributed by atoms with E-state index in [1.54, 1.807) is 6.26 Å². The second-order valence-electron chi connectivity index (χ2n) is 4.77. The van der Waals surface area contributed by atoms with Crippen molar-refractivity contribution < 1.29 is 17.6 Å². The molecule has 0 radical (unpaired) electrons. The minimum atomic E-state index is -4.34. The first-order valence-electron chi connectivity index (χ1n) is 6.50. The standard InChI is InChI=1S/C14H12F4N4S2/c1-7-3-9(15)10(4-11(7)24-6-14(16,17)18)22-12(20)8(5-19)13(21-22)23-2/h3-4H,6,20H2,1-2H3. The number of thioether (sulfide) groups is 2. The van der Waals surface area contributed by atoms with Gasteiger partial charge in [0.25, 0.3) is 0 Å². The number of nitrogens with two attached hydrogens (primary N) is 1. The van der Waals surface area contributed by atoms with E-state index in [0.29, 0.717) is 22.4 Å². The zero-order chi connectivity index (χ0) is 18.1. The summed E-state index contributed by atoms with van der Waals surface area (Å²) in [6, 6.07) is 4.27. The van der Waals surface area contributed by atoms with E-state index >= 15 is 0 Å². The van der Waals surface area contributed by atoms with Gasteiger partial charge in [0, 0.05) is 4.90 Å². The van der Waals surface area contributed by atoms with Crippen LogP contribution in [0.4, 0.5) is 23.4 Å². The molecule has 0 aliphatic heterocycles. The molecule has 1 aromatic heterocycles. The minimum absolute atomic E-state index is 0.0589. The fraction of sp³-hybridized carbons (Fsp3) is 0.286. The number of hydrogen-bond acceptors (Lipinski definition) is 5. The Labute approximate surface area is 144 Å². The normalized spacial score (nSPS) is 11.5. The molecule has 4 nitrogen and oxygen atoms in total. The number of nitrogen functional groups attached to an aromatic ring is 1. The highest BCUT2D eigenvalue weighted by Gasteiger charge is 2.28. The molecule has 0 fully saturated rings. The summed E-state index contributed by atoms with van der Waals surface area (Å²) in [6.45, 7) is 1.52. The van der Waals surface area contributed by atoms with Gasteiger partial charge in [-0.25, -0.2) is 9.07 Å². The van der Waals surface area contributed by atoms with Crippen LogP contribution >= 0.6 is 23.5 Å². The van der Waals surface area contributed by atoms with E-state index in [0.717, 1.165) is 10.7 Å². The summed E-state index contributed by atoms with van der Waals surface area (Å²) in [5.74, 6) is -1.83. The van der Waals surface area contributed by atoms with Gasteiger partial charge < -0.3 is 5.73 Å². The van der Waals surface area contributed by atoms with Gasteiger partial charge in [-0.05, 0) is 30.9 Å². The average Bonchev–Trinajstić information content (AvgIpc) is 2.81. The summed E-state index contributed by atoms with van der Waals surface area (Å²) in [7, 11) is 0. The third kappa shape index (κ3) is 3.79. The van der Waals surface area contributed by atoms with Gasteiger partial charge in [-0.1, -0.05) is 0 Å². The van der Waals surface area contributed by atoms with Gasteiger partial charge in [0.15, 0.2) is 0 Å². The van der Waals surface area contributed by atoms with E-state index in [9.17, 15) is 17.6 Å². The fourth-order valence-corrected chi connectivity index (χ4v) is 3.28. The second-order valence-corrected chi connectivity index (χ2v) is 6.58. The predicted octanol–water partition coefficient (Wildman–Crippen LogP) is 4.15. The molecule has 0 unspecified atom stereocenters. The molecule has 10 heteroatoms. The molecule has 0 bridgehead atoms.